The fourth-order valence-corrected chi connectivity index (χ4v) is 5.58. The maximum Gasteiger partial charge on any atom is 0.337 e. The number of phenols is 1. The average Bonchev–Trinajstić information content (AvgIpc) is 2.88. The number of hydrogen-bond acceptors (Lipinski definition) is 7. The van der Waals surface area contributed by atoms with Crippen LogP contribution in [-0.4, -0.2) is 43.3 Å². The van der Waals surface area contributed by atoms with Crippen molar-refractivity contribution in [3.63, 3.8) is 0 Å². The highest BCUT2D eigenvalue weighted by atomic mass is 16.6. The van der Waals surface area contributed by atoms with Gasteiger partial charge in [-0.2, -0.15) is 0 Å². The number of hydrogen-bond donors (Lipinski definition) is 2. The average molecular weight is 490 g/mol. The fraction of sp³-hybridized carbons (Fsp3) is 0.379. The van der Waals surface area contributed by atoms with Gasteiger partial charge in [0.15, 0.2) is 5.78 Å². The number of ether oxygens (including phenoxy) is 3. The number of phenolic OH excluding ortho intramolecular Hbond substituents is 1. The molecule has 3 aliphatic rings. The molecule has 0 radical (unpaired) electrons. The van der Waals surface area contributed by atoms with Crippen LogP contribution in [0, 0.1) is 0 Å². The molecule has 0 bridgehead atoms. The summed E-state index contributed by atoms with van der Waals surface area (Å²) in [5.74, 6) is -0.297. The lowest BCUT2D eigenvalue weighted by atomic mass is 9.71. The number of para-hydroxylation sites is 1. The van der Waals surface area contributed by atoms with Crippen LogP contribution in [0.1, 0.15) is 55.6 Å². The number of ketones is 1. The van der Waals surface area contributed by atoms with E-state index in [0.717, 1.165) is 17.0 Å². The minimum atomic E-state index is -0.619. The summed E-state index contributed by atoms with van der Waals surface area (Å²) < 4.78 is 16.8. The van der Waals surface area contributed by atoms with Crippen LogP contribution < -0.4 is 10.1 Å². The Hall–Kier alpha value is -3.58. The summed E-state index contributed by atoms with van der Waals surface area (Å²) in [5, 5.41) is 13.6. The summed E-state index contributed by atoms with van der Waals surface area (Å²) in [7, 11) is 1.63. The topological polar surface area (TPSA) is 94.1 Å². The lowest BCUT2D eigenvalue weighted by Gasteiger charge is -2.37. The molecule has 2 aromatic rings. The van der Waals surface area contributed by atoms with Gasteiger partial charge < -0.3 is 24.6 Å². The van der Waals surface area contributed by atoms with E-state index >= 15 is 0 Å². The van der Waals surface area contributed by atoms with E-state index in [9.17, 15) is 14.7 Å². The Labute approximate surface area is 210 Å². The van der Waals surface area contributed by atoms with Crippen molar-refractivity contribution in [1.29, 1.82) is 0 Å². The molecule has 1 saturated heterocycles. The van der Waals surface area contributed by atoms with Crippen LogP contribution in [-0.2, 0) is 19.1 Å². The molecule has 1 fully saturated rings. The van der Waals surface area contributed by atoms with Crippen molar-refractivity contribution in [2.75, 3.05) is 20.3 Å². The molecule has 2 N–H and O–H groups in total. The van der Waals surface area contributed by atoms with Gasteiger partial charge in [0, 0.05) is 48.1 Å². The first-order valence-electron chi connectivity index (χ1n) is 12.4. The van der Waals surface area contributed by atoms with Crippen molar-refractivity contribution in [3.8, 4) is 11.5 Å². The van der Waals surface area contributed by atoms with Gasteiger partial charge in [-0.3, -0.25) is 4.79 Å². The number of aromatic hydroxyl groups is 1. The second-order valence-electron chi connectivity index (χ2n) is 9.57. The first-order chi connectivity index (χ1) is 17.5. The summed E-state index contributed by atoms with van der Waals surface area (Å²) in [6.07, 6.45) is 1.99. The number of methoxy groups -OCH3 is 1. The summed E-state index contributed by atoms with van der Waals surface area (Å²) in [5.41, 5.74) is 4.11. The van der Waals surface area contributed by atoms with Crippen LogP contribution >= 0.6 is 0 Å². The standard InChI is InChI=1S/C29H31NO6/c1-17-26(29(33)36-21-10-12-35-13-11-21)27(18-6-5-7-20(31)14-18)28-23(30-17)15-19(16-24(28)32)22-8-3-4-9-25(22)34-2/h3-9,14,19,21,27,30-31H,10-13,15-16H2,1-2H3. The third-order valence-corrected chi connectivity index (χ3v) is 7.27. The fourth-order valence-electron chi connectivity index (χ4n) is 5.58. The van der Waals surface area contributed by atoms with Gasteiger partial charge in [0.2, 0.25) is 0 Å². The number of dihydropyridines is 1. The molecule has 2 unspecified atom stereocenters. The maximum absolute atomic E-state index is 13.8. The Morgan fingerprint density at radius 1 is 1.08 bits per heavy atom. The molecular formula is C29H31NO6. The second kappa shape index (κ2) is 10.2. The van der Waals surface area contributed by atoms with Gasteiger partial charge in [0.05, 0.1) is 25.9 Å². The van der Waals surface area contributed by atoms with E-state index in [0.29, 0.717) is 61.3 Å². The van der Waals surface area contributed by atoms with Crippen LogP contribution in [0.5, 0.6) is 11.5 Å². The van der Waals surface area contributed by atoms with Crippen molar-refractivity contribution >= 4 is 11.8 Å². The molecule has 188 valence electrons. The molecule has 2 aliphatic heterocycles. The van der Waals surface area contributed by atoms with E-state index in [1.54, 1.807) is 25.3 Å². The molecule has 2 aromatic carbocycles. The van der Waals surface area contributed by atoms with E-state index in [1.807, 2.05) is 37.3 Å². The highest BCUT2D eigenvalue weighted by Crippen LogP contribution is 2.47. The van der Waals surface area contributed by atoms with Gasteiger partial charge in [-0.05, 0) is 42.7 Å². The Balaban J connectivity index is 1.54. The number of Topliss-reactive ketones (excluding diaryl/α,β-unsaturated/α-hetero) is 1. The van der Waals surface area contributed by atoms with Gasteiger partial charge in [-0.15, -0.1) is 0 Å². The van der Waals surface area contributed by atoms with E-state index in [-0.39, 0.29) is 23.6 Å². The van der Waals surface area contributed by atoms with Crippen LogP contribution in [0.3, 0.4) is 0 Å². The van der Waals surface area contributed by atoms with Gasteiger partial charge in [-0.25, -0.2) is 4.79 Å². The molecule has 2 atom stereocenters. The zero-order valence-corrected chi connectivity index (χ0v) is 20.6. The molecule has 0 aromatic heterocycles. The van der Waals surface area contributed by atoms with Crippen molar-refractivity contribution in [3.05, 3.63) is 82.2 Å². The lowest BCUT2D eigenvalue weighted by molar-refractivity contribution is -0.148. The summed E-state index contributed by atoms with van der Waals surface area (Å²) in [6.45, 7) is 2.96. The highest BCUT2D eigenvalue weighted by molar-refractivity contribution is 6.04. The molecule has 0 saturated carbocycles. The number of carbonyl (C=O) groups is 2. The van der Waals surface area contributed by atoms with Crippen LogP contribution in [0.2, 0.25) is 0 Å². The first-order valence-corrected chi connectivity index (χ1v) is 12.4. The lowest BCUT2D eigenvalue weighted by Crippen LogP contribution is -2.37. The van der Waals surface area contributed by atoms with Crippen molar-refractivity contribution in [1.82, 2.24) is 5.32 Å². The minimum absolute atomic E-state index is 0.0307. The Bertz CT molecular complexity index is 1240. The van der Waals surface area contributed by atoms with Gasteiger partial charge in [-0.1, -0.05) is 30.3 Å². The predicted molar refractivity (Wildman–Crippen MR) is 134 cm³/mol. The van der Waals surface area contributed by atoms with E-state index in [2.05, 4.69) is 5.32 Å². The normalized spacial score (nSPS) is 22.7. The smallest absolute Gasteiger partial charge is 0.337 e. The minimum Gasteiger partial charge on any atom is -0.508 e. The van der Waals surface area contributed by atoms with E-state index in [1.165, 1.54) is 0 Å². The molecule has 7 nitrogen and oxygen atoms in total. The zero-order chi connectivity index (χ0) is 25.2. The van der Waals surface area contributed by atoms with E-state index in [4.69, 9.17) is 14.2 Å². The molecule has 0 spiro atoms. The monoisotopic (exact) mass is 489 g/mol. The van der Waals surface area contributed by atoms with Crippen molar-refractivity contribution < 1.29 is 28.9 Å². The SMILES string of the molecule is COc1ccccc1C1CC(=O)C2=C(C1)NC(C)=C(C(=O)OC1CCOCC1)C2c1cccc(O)c1. The van der Waals surface area contributed by atoms with Crippen LogP contribution in [0.25, 0.3) is 0 Å². The van der Waals surface area contributed by atoms with Crippen molar-refractivity contribution in [2.24, 2.45) is 0 Å². The number of esters is 1. The third-order valence-electron chi connectivity index (χ3n) is 7.27. The molecule has 5 rings (SSSR count). The molecule has 2 heterocycles. The predicted octanol–water partition coefficient (Wildman–Crippen LogP) is 4.48. The van der Waals surface area contributed by atoms with Crippen molar-refractivity contribution in [2.45, 2.75) is 50.5 Å². The Morgan fingerprint density at radius 2 is 1.86 bits per heavy atom. The third kappa shape index (κ3) is 4.63. The van der Waals surface area contributed by atoms with Crippen LogP contribution in [0.15, 0.2) is 71.1 Å². The quantitative estimate of drug-likeness (QED) is 0.598. The number of nitrogens with one attached hydrogen (secondary N) is 1. The number of rotatable bonds is 5. The largest absolute Gasteiger partial charge is 0.508 e. The number of benzene rings is 2. The second-order valence-corrected chi connectivity index (χ2v) is 9.57. The number of carbonyl (C=O) groups excluding carboxylic acids is 2. The molecular weight excluding hydrogens is 458 g/mol. The molecule has 7 heteroatoms. The van der Waals surface area contributed by atoms with Gasteiger partial charge in [0.25, 0.3) is 0 Å². The summed E-state index contributed by atoms with van der Waals surface area (Å²) in [6, 6.07) is 14.5. The Kier molecular flexibility index (Phi) is 6.83. The Morgan fingerprint density at radius 3 is 2.61 bits per heavy atom. The molecule has 0 amide bonds. The van der Waals surface area contributed by atoms with Gasteiger partial charge in [0.1, 0.15) is 17.6 Å². The molecule has 1 aliphatic carbocycles. The zero-order valence-electron chi connectivity index (χ0n) is 20.6. The maximum atomic E-state index is 13.8. The highest BCUT2D eigenvalue weighted by Gasteiger charge is 2.42. The number of allylic oxidation sites excluding steroid dienone is 3. The molecule has 36 heavy (non-hydrogen) atoms. The van der Waals surface area contributed by atoms with E-state index < -0.39 is 11.9 Å². The van der Waals surface area contributed by atoms with Gasteiger partial charge >= 0.3 is 5.97 Å². The summed E-state index contributed by atoms with van der Waals surface area (Å²) >= 11 is 0. The summed E-state index contributed by atoms with van der Waals surface area (Å²) in [4.78, 5) is 27.3. The van der Waals surface area contributed by atoms with Crippen LogP contribution in [0.4, 0.5) is 0 Å². The first kappa shape index (κ1) is 24.1.